The van der Waals surface area contributed by atoms with Crippen molar-refractivity contribution in [3.05, 3.63) is 105 Å². The van der Waals surface area contributed by atoms with E-state index in [1.54, 1.807) is 23.1 Å². The van der Waals surface area contributed by atoms with Crippen LogP contribution in [0.5, 0.6) is 0 Å². The molecule has 0 spiro atoms. The van der Waals surface area contributed by atoms with Gasteiger partial charge >= 0.3 is 0 Å². The van der Waals surface area contributed by atoms with Crippen LogP contribution in [0, 0.1) is 6.92 Å². The number of halogens is 2. The number of carbonyl (C=O) groups excluding carboxylic acids is 2. The number of rotatable bonds is 10. The molecule has 0 bridgehead atoms. The fraction of sp³-hybridized carbons (Fsp3) is 0.310. The lowest BCUT2D eigenvalue weighted by molar-refractivity contribution is -0.141. The molecule has 6 heteroatoms. The number of amides is 2. The van der Waals surface area contributed by atoms with E-state index in [1.165, 1.54) is 0 Å². The number of hydrogen-bond donors (Lipinski definition) is 1. The first-order valence-corrected chi connectivity index (χ1v) is 12.7. The van der Waals surface area contributed by atoms with Crippen molar-refractivity contribution in [2.75, 3.05) is 0 Å². The number of nitrogens with zero attached hydrogens (tertiary/aromatic N) is 1. The summed E-state index contributed by atoms with van der Waals surface area (Å²) in [6.07, 6.45) is 1.35. The number of aryl methyl sites for hydroxylation is 1. The summed E-state index contributed by atoms with van der Waals surface area (Å²) in [5, 5.41) is 4.01. The number of nitrogens with one attached hydrogen (secondary N) is 1. The standard InChI is InChI=1S/C29H32Cl2N2O2/c1-4-21(3)32-29(35)27(17-22-12-6-5-7-13-22)33(19-24-25(30)15-10-16-26(24)31)28(34)18-23-14-9-8-11-20(23)2/h5-16,21,27H,4,17-19H2,1-3H3,(H,32,35)/t21-,27+/m1/s1. The van der Waals surface area contributed by atoms with Gasteiger partial charge in [0.1, 0.15) is 6.04 Å². The van der Waals surface area contributed by atoms with Gasteiger partial charge in [-0.2, -0.15) is 0 Å². The van der Waals surface area contributed by atoms with Crippen molar-refractivity contribution in [3.63, 3.8) is 0 Å². The molecule has 0 aromatic heterocycles. The third-order valence-corrected chi connectivity index (χ3v) is 6.97. The van der Waals surface area contributed by atoms with Gasteiger partial charge in [0.15, 0.2) is 0 Å². The number of carbonyl (C=O) groups is 2. The summed E-state index contributed by atoms with van der Waals surface area (Å²) < 4.78 is 0. The minimum Gasteiger partial charge on any atom is -0.352 e. The zero-order chi connectivity index (χ0) is 25.4. The summed E-state index contributed by atoms with van der Waals surface area (Å²) in [7, 11) is 0. The van der Waals surface area contributed by atoms with Gasteiger partial charge in [-0.05, 0) is 49.1 Å². The monoisotopic (exact) mass is 510 g/mol. The zero-order valence-corrected chi connectivity index (χ0v) is 21.9. The topological polar surface area (TPSA) is 49.4 Å². The van der Waals surface area contributed by atoms with E-state index < -0.39 is 6.04 Å². The predicted octanol–water partition coefficient (Wildman–Crippen LogP) is 6.40. The van der Waals surface area contributed by atoms with Crippen molar-refractivity contribution >= 4 is 35.0 Å². The highest BCUT2D eigenvalue weighted by Gasteiger charge is 2.32. The molecule has 0 saturated heterocycles. The number of hydrogen-bond acceptors (Lipinski definition) is 2. The molecule has 3 aromatic rings. The van der Waals surface area contributed by atoms with E-state index in [9.17, 15) is 9.59 Å². The van der Waals surface area contributed by atoms with Crippen LogP contribution in [0.15, 0.2) is 72.8 Å². The Morgan fingerprint density at radius 1 is 0.914 bits per heavy atom. The van der Waals surface area contributed by atoms with Gasteiger partial charge in [0, 0.05) is 34.6 Å². The summed E-state index contributed by atoms with van der Waals surface area (Å²) in [6.45, 7) is 6.09. The summed E-state index contributed by atoms with van der Waals surface area (Å²) in [4.78, 5) is 29.0. The lowest BCUT2D eigenvalue weighted by atomic mass is 10.00. The fourth-order valence-electron chi connectivity index (χ4n) is 3.92. The van der Waals surface area contributed by atoms with Crippen molar-refractivity contribution in [2.24, 2.45) is 0 Å². The Hall–Kier alpha value is -2.82. The fourth-order valence-corrected chi connectivity index (χ4v) is 4.44. The minimum atomic E-state index is -0.727. The van der Waals surface area contributed by atoms with Crippen LogP contribution in [-0.2, 0) is 29.0 Å². The maximum Gasteiger partial charge on any atom is 0.243 e. The normalized spacial score (nSPS) is 12.6. The Morgan fingerprint density at radius 3 is 2.17 bits per heavy atom. The van der Waals surface area contributed by atoms with Crippen molar-refractivity contribution in [1.82, 2.24) is 10.2 Å². The van der Waals surface area contributed by atoms with E-state index in [4.69, 9.17) is 23.2 Å². The highest BCUT2D eigenvalue weighted by Crippen LogP contribution is 2.28. The van der Waals surface area contributed by atoms with E-state index in [-0.39, 0.29) is 30.8 Å². The summed E-state index contributed by atoms with van der Waals surface area (Å²) in [5.41, 5.74) is 3.55. The molecule has 35 heavy (non-hydrogen) atoms. The smallest absolute Gasteiger partial charge is 0.243 e. The van der Waals surface area contributed by atoms with Crippen LogP contribution in [0.3, 0.4) is 0 Å². The van der Waals surface area contributed by atoms with Gasteiger partial charge in [-0.1, -0.05) is 90.8 Å². The highest BCUT2D eigenvalue weighted by atomic mass is 35.5. The van der Waals surface area contributed by atoms with Crippen molar-refractivity contribution in [3.8, 4) is 0 Å². The third kappa shape index (κ3) is 7.33. The number of benzene rings is 3. The first-order chi connectivity index (χ1) is 16.8. The third-order valence-electron chi connectivity index (χ3n) is 6.27. The van der Waals surface area contributed by atoms with Gasteiger partial charge in [0.05, 0.1) is 6.42 Å². The molecular formula is C29H32Cl2N2O2. The lowest BCUT2D eigenvalue weighted by Gasteiger charge is -2.33. The Morgan fingerprint density at radius 2 is 1.54 bits per heavy atom. The minimum absolute atomic E-state index is 0.0157. The molecule has 0 saturated carbocycles. The van der Waals surface area contributed by atoms with Crippen LogP contribution in [0.4, 0.5) is 0 Å². The quantitative estimate of drug-likeness (QED) is 0.343. The second-order valence-corrected chi connectivity index (χ2v) is 9.66. The van der Waals surface area contributed by atoms with E-state index in [0.29, 0.717) is 22.0 Å². The Labute approximate surface area is 218 Å². The van der Waals surface area contributed by atoms with Crippen LogP contribution in [0.1, 0.15) is 42.5 Å². The zero-order valence-electron chi connectivity index (χ0n) is 20.4. The van der Waals surface area contributed by atoms with Gasteiger partial charge in [-0.3, -0.25) is 9.59 Å². The summed E-state index contributed by atoms with van der Waals surface area (Å²) in [6, 6.07) is 22.1. The van der Waals surface area contributed by atoms with Crippen LogP contribution in [0.25, 0.3) is 0 Å². The average molecular weight is 511 g/mol. The molecular weight excluding hydrogens is 479 g/mol. The Kier molecular flexibility index (Phi) is 9.76. The van der Waals surface area contributed by atoms with Crippen molar-refractivity contribution < 1.29 is 9.59 Å². The molecule has 3 aromatic carbocycles. The first-order valence-electron chi connectivity index (χ1n) is 11.9. The molecule has 0 aliphatic carbocycles. The maximum absolute atomic E-state index is 13.8. The maximum atomic E-state index is 13.8. The van der Waals surface area contributed by atoms with Gasteiger partial charge in [-0.15, -0.1) is 0 Å². The van der Waals surface area contributed by atoms with Crippen molar-refractivity contribution in [1.29, 1.82) is 0 Å². The van der Waals surface area contributed by atoms with Crippen molar-refractivity contribution in [2.45, 2.75) is 58.7 Å². The predicted molar refractivity (Wildman–Crippen MR) is 144 cm³/mol. The second kappa shape index (κ2) is 12.8. The molecule has 0 radical (unpaired) electrons. The van der Waals surface area contributed by atoms with Crippen LogP contribution >= 0.6 is 23.2 Å². The summed E-state index contributed by atoms with van der Waals surface area (Å²) >= 11 is 13.0. The molecule has 184 valence electrons. The lowest BCUT2D eigenvalue weighted by Crippen LogP contribution is -2.52. The van der Waals surface area contributed by atoms with Gasteiger partial charge < -0.3 is 10.2 Å². The molecule has 2 atom stereocenters. The van der Waals surface area contributed by atoms with E-state index in [1.807, 2.05) is 75.4 Å². The van der Waals surface area contributed by atoms with E-state index >= 15 is 0 Å². The molecule has 0 heterocycles. The SMILES string of the molecule is CC[C@@H](C)NC(=O)[C@H](Cc1ccccc1)N(Cc1c(Cl)cccc1Cl)C(=O)Cc1ccccc1C. The van der Waals surface area contributed by atoms with E-state index in [0.717, 1.165) is 23.1 Å². The van der Waals surface area contributed by atoms with Crippen LogP contribution in [-0.4, -0.2) is 28.8 Å². The van der Waals surface area contributed by atoms with Crippen LogP contribution in [0.2, 0.25) is 10.0 Å². The highest BCUT2D eigenvalue weighted by molar-refractivity contribution is 6.36. The van der Waals surface area contributed by atoms with Gasteiger partial charge in [0.25, 0.3) is 0 Å². The summed E-state index contributed by atoms with van der Waals surface area (Å²) in [5.74, 6) is -0.347. The molecule has 3 rings (SSSR count). The molecule has 4 nitrogen and oxygen atoms in total. The van der Waals surface area contributed by atoms with Gasteiger partial charge in [0.2, 0.25) is 11.8 Å². The molecule has 2 amide bonds. The van der Waals surface area contributed by atoms with Crippen LogP contribution < -0.4 is 5.32 Å². The Bertz CT molecular complexity index is 1130. The Balaban J connectivity index is 2.03. The van der Waals surface area contributed by atoms with E-state index in [2.05, 4.69) is 5.32 Å². The molecule has 0 unspecified atom stereocenters. The average Bonchev–Trinajstić information content (AvgIpc) is 2.84. The molecule has 0 fully saturated rings. The first kappa shape index (κ1) is 26.8. The molecule has 0 aliphatic rings. The molecule has 0 aliphatic heterocycles. The largest absolute Gasteiger partial charge is 0.352 e. The van der Waals surface area contributed by atoms with Gasteiger partial charge in [-0.25, -0.2) is 0 Å². The molecule has 1 N–H and O–H groups in total. The second-order valence-electron chi connectivity index (χ2n) is 8.85.